The molecular formula is C13H26N2O. The smallest absolute Gasteiger partial charge is 0.0590 e. The highest BCUT2D eigenvalue weighted by Crippen LogP contribution is 2.16. The van der Waals surface area contributed by atoms with Crippen LogP contribution in [-0.2, 0) is 4.74 Å². The Balaban J connectivity index is 1.51. The SMILES string of the molecule is CC(CC1CCCO1)NCCN1CCCC1. The number of ether oxygens (including phenoxy) is 1. The maximum Gasteiger partial charge on any atom is 0.0590 e. The van der Waals surface area contributed by atoms with Crippen LogP contribution in [0.5, 0.6) is 0 Å². The van der Waals surface area contributed by atoms with E-state index in [0.29, 0.717) is 12.1 Å². The van der Waals surface area contributed by atoms with Crippen molar-refractivity contribution in [3.8, 4) is 0 Å². The molecule has 0 bridgehead atoms. The van der Waals surface area contributed by atoms with Crippen LogP contribution in [0.15, 0.2) is 0 Å². The second-order valence-electron chi connectivity index (χ2n) is 5.27. The lowest BCUT2D eigenvalue weighted by atomic mass is 10.1. The third-order valence-corrected chi connectivity index (χ3v) is 3.76. The molecule has 1 N–H and O–H groups in total. The Kier molecular flexibility index (Phi) is 5.07. The van der Waals surface area contributed by atoms with Crippen LogP contribution in [-0.4, -0.2) is 49.8 Å². The number of nitrogens with one attached hydrogen (secondary N) is 1. The maximum absolute atomic E-state index is 5.65. The molecule has 2 atom stereocenters. The first-order chi connectivity index (χ1) is 7.84. The molecule has 0 aliphatic carbocycles. The van der Waals surface area contributed by atoms with Gasteiger partial charge in [-0.3, -0.25) is 0 Å². The van der Waals surface area contributed by atoms with Gasteiger partial charge in [-0.05, 0) is 52.1 Å². The van der Waals surface area contributed by atoms with Gasteiger partial charge in [-0.25, -0.2) is 0 Å². The molecule has 0 saturated carbocycles. The molecule has 2 aliphatic rings. The van der Waals surface area contributed by atoms with Crippen molar-refractivity contribution < 1.29 is 4.74 Å². The lowest BCUT2D eigenvalue weighted by molar-refractivity contribution is 0.0960. The summed E-state index contributed by atoms with van der Waals surface area (Å²) in [4.78, 5) is 2.56. The van der Waals surface area contributed by atoms with Crippen LogP contribution >= 0.6 is 0 Å². The fourth-order valence-electron chi connectivity index (χ4n) is 2.78. The average Bonchev–Trinajstić information content (AvgIpc) is 2.90. The van der Waals surface area contributed by atoms with E-state index in [-0.39, 0.29) is 0 Å². The number of rotatable bonds is 6. The summed E-state index contributed by atoms with van der Waals surface area (Å²) >= 11 is 0. The predicted molar refractivity (Wildman–Crippen MR) is 66.7 cm³/mol. The van der Waals surface area contributed by atoms with Crippen molar-refractivity contribution in [1.82, 2.24) is 10.2 Å². The molecule has 0 radical (unpaired) electrons. The quantitative estimate of drug-likeness (QED) is 0.745. The molecule has 2 unspecified atom stereocenters. The zero-order chi connectivity index (χ0) is 11.2. The molecule has 3 nitrogen and oxygen atoms in total. The molecule has 94 valence electrons. The van der Waals surface area contributed by atoms with Gasteiger partial charge in [-0.2, -0.15) is 0 Å². The molecule has 2 aliphatic heterocycles. The van der Waals surface area contributed by atoms with Gasteiger partial charge in [0.15, 0.2) is 0 Å². The van der Waals surface area contributed by atoms with Gasteiger partial charge >= 0.3 is 0 Å². The predicted octanol–water partition coefficient (Wildman–Crippen LogP) is 1.63. The molecule has 0 amide bonds. The van der Waals surface area contributed by atoms with Crippen molar-refractivity contribution in [2.24, 2.45) is 0 Å². The van der Waals surface area contributed by atoms with Crippen LogP contribution in [0.25, 0.3) is 0 Å². The molecule has 0 aromatic carbocycles. The van der Waals surface area contributed by atoms with E-state index in [0.717, 1.165) is 13.2 Å². The summed E-state index contributed by atoms with van der Waals surface area (Å²) in [6, 6.07) is 0.603. The van der Waals surface area contributed by atoms with Crippen LogP contribution < -0.4 is 5.32 Å². The largest absolute Gasteiger partial charge is 0.378 e. The van der Waals surface area contributed by atoms with E-state index < -0.39 is 0 Å². The summed E-state index contributed by atoms with van der Waals surface area (Å²) in [6.45, 7) is 8.23. The second-order valence-corrected chi connectivity index (χ2v) is 5.27. The van der Waals surface area contributed by atoms with Crippen molar-refractivity contribution in [2.75, 3.05) is 32.8 Å². The highest BCUT2D eigenvalue weighted by Gasteiger charge is 2.18. The zero-order valence-corrected chi connectivity index (χ0v) is 10.6. The topological polar surface area (TPSA) is 24.5 Å². The summed E-state index contributed by atoms with van der Waals surface area (Å²) in [7, 11) is 0. The van der Waals surface area contributed by atoms with Gasteiger partial charge in [0.1, 0.15) is 0 Å². The summed E-state index contributed by atoms with van der Waals surface area (Å²) in [5.74, 6) is 0. The highest BCUT2D eigenvalue weighted by atomic mass is 16.5. The molecule has 2 fully saturated rings. The summed E-state index contributed by atoms with van der Waals surface area (Å²) in [6.07, 6.45) is 7.01. The van der Waals surface area contributed by atoms with Gasteiger partial charge in [0.05, 0.1) is 6.10 Å². The van der Waals surface area contributed by atoms with E-state index in [1.54, 1.807) is 0 Å². The maximum atomic E-state index is 5.65. The van der Waals surface area contributed by atoms with Crippen LogP contribution in [0, 0.1) is 0 Å². The third kappa shape index (κ3) is 4.04. The Hall–Kier alpha value is -0.120. The number of nitrogens with zero attached hydrogens (tertiary/aromatic N) is 1. The number of hydrogen-bond donors (Lipinski definition) is 1. The van der Waals surface area contributed by atoms with E-state index in [2.05, 4.69) is 17.1 Å². The molecule has 0 aromatic rings. The summed E-state index contributed by atoms with van der Waals surface area (Å²) in [5, 5.41) is 3.61. The first-order valence-corrected chi connectivity index (χ1v) is 6.92. The van der Waals surface area contributed by atoms with Crippen molar-refractivity contribution in [3.63, 3.8) is 0 Å². The zero-order valence-electron chi connectivity index (χ0n) is 10.6. The van der Waals surface area contributed by atoms with E-state index >= 15 is 0 Å². The molecule has 0 spiro atoms. The van der Waals surface area contributed by atoms with E-state index in [1.165, 1.54) is 51.7 Å². The molecule has 16 heavy (non-hydrogen) atoms. The molecule has 2 saturated heterocycles. The first-order valence-electron chi connectivity index (χ1n) is 6.92. The first kappa shape index (κ1) is 12.3. The minimum absolute atomic E-state index is 0.522. The third-order valence-electron chi connectivity index (χ3n) is 3.76. The van der Waals surface area contributed by atoms with Crippen LogP contribution in [0.4, 0.5) is 0 Å². The van der Waals surface area contributed by atoms with Crippen molar-refractivity contribution in [1.29, 1.82) is 0 Å². The molecule has 0 aromatic heterocycles. The minimum atomic E-state index is 0.522. The number of hydrogen-bond acceptors (Lipinski definition) is 3. The van der Waals surface area contributed by atoms with Crippen molar-refractivity contribution >= 4 is 0 Å². The second kappa shape index (κ2) is 6.58. The van der Waals surface area contributed by atoms with Crippen LogP contribution in [0.1, 0.15) is 39.0 Å². The van der Waals surface area contributed by atoms with Crippen molar-refractivity contribution in [3.05, 3.63) is 0 Å². The van der Waals surface area contributed by atoms with E-state index in [9.17, 15) is 0 Å². The minimum Gasteiger partial charge on any atom is -0.378 e. The van der Waals surface area contributed by atoms with Gasteiger partial charge in [0, 0.05) is 25.7 Å². The Labute approximate surface area is 99.5 Å². The lowest BCUT2D eigenvalue weighted by Gasteiger charge is -2.20. The Morgan fingerprint density at radius 2 is 2.12 bits per heavy atom. The van der Waals surface area contributed by atoms with Crippen molar-refractivity contribution in [2.45, 2.75) is 51.2 Å². The highest BCUT2D eigenvalue weighted by molar-refractivity contribution is 4.73. The lowest BCUT2D eigenvalue weighted by Crippen LogP contribution is -2.36. The Morgan fingerprint density at radius 1 is 1.31 bits per heavy atom. The monoisotopic (exact) mass is 226 g/mol. The van der Waals surface area contributed by atoms with E-state index in [1.807, 2.05) is 0 Å². The summed E-state index contributed by atoms with van der Waals surface area (Å²) < 4.78 is 5.65. The Morgan fingerprint density at radius 3 is 2.81 bits per heavy atom. The van der Waals surface area contributed by atoms with Gasteiger partial charge < -0.3 is 15.0 Å². The number of likely N-dealkylation sites (tertiary alicyclic amines) is 1. The Bertz CT molecular complexity index is 186. The van der Waals surface area contributed by atoms with Gasteiger partial charge in [-0.1, -0.05) is 0 Å². The van der Waals surface area contributed by atoms with Gasteiger partial charge in [0.2, 0.25) is 0 Å². The standard InChI is InChI=1S/C13H26N2O/c1-12(11-13-5-4-10-16-13)14-6-9-15-7-2-3-8-15/h12-14H,2-11H2,1H3. The molecule has 2 rings (SSSR count). The van der Waals surface area contributed by atoms with Crippen LogP contribution in [0.2, 0.25) is 0 Å². The summed E-state index contributed by atoms with van der Waals surface area (Å²) in [5.41, 5.74) is 0. The molecule has 3 heteroatoms. The fourth-order valence-corrected chi connectivity index (χ4v) is 2.78. The normalized spacial score (nSPS) is 28.7. The molecular weight excluding hydrogens is 200 g/mol. The average molecular weight is 226 g/mol. The van der Waals surface area contributed by atoms with Gasteiger partial charge in [-0.15, -0.1) is 0 Å². The van der Waals surface area contributed by atoms with Gasteiger partial charge in [0.25, 0.3) is 0 Å². The fraction of sp³-hybridized carbons (Fsp3) is 1.00. The van der Waals surface area contributed by atoms with Crippen LogP contribution in [0.3, 0.4) is 0 Å². The molecule has 2 heterocycles. The van der Waals surface area contributed by atoms with E-state index in [4.69, 9.17) is 4.74 Å².